The van der Waals surface area contributed by atoms with Crippen LogP contribution in [0.3, 0.4) is 0 Å². The van der Waals surface area contributed by atoms with E-state index in [0.29, 0.717) is 39.8 Å². The van der Waals surface area contributed by atoms with E-state index in [1.807, 2.05) is 33.0 Å². The number of nitrogens with one attached hydrogen (secondary N) is 2. The smallest absolute Gasteiger partial charge is 0.134 e. The molecule has 1 aromatic carbocycles. The lowest BCUT2D eigenvalue weighted by molar-refractivity contribution is 0.334. The second-order valence-electron chi connectivity index (χ2n) is 8.07. The lowest BCUT2D eigenvalue weighted by Crippen LogP contribution is -2.27. The fourth-order valence-corrected chi connectivity index (χ4v) is 6.31. The minimum Gasteiger partial charge on any atom is -0.493 e. The number of halogens is 1. The van der Waals surface area contributed by atoms with Gasteiger partial charge in [0.2, 0.25) is 0 Å². The molecule has 0 aliphatic carbocycles. The van der Waals surface area contributed by atoms with Crippen LogP contribution in [0, 0.1) is 16.7 Å². The van der Waals surface area contributed by atoms with Gasteiger partial charge in [-0.05, 0) is 60.3 Å². The molecule has 36 heavy (non-hydrogen) atoms. The lowest BCUT2D eigenvalue weighted by atomic mass is 9.94. The molecule has 0 saturated heterocycles. The molecule has 2 aromatic rings. The third-order valence-electron chi connectivity index (χ3n) is 5.09. The standard InChI is InChI=1S/C26H32ClN6OPS/c1-8-32-26(30)23(15(3)29)17(5)33-16(4)20-11-22(27)21(12-28)24(25(20)34-9-2)18-10-19(14-31-13-18)36-35(6)7/h8,10-11,13-14,16,29,33H,1,9H2,2-7H3,(H2,30,32)/b23-17+,29-15?. The largest absolute Gasteiger partial charge is 0.493 e. The maximum atomic E-state index is 9.99. The topological polar surface area (TPSA) is 120 Å². The second-order valence-corrected chi connectivity index (χ2v) is 13.5. The summed E-state index contributed by atoms with van der Waals surface area (Å²) in [6, 6.07) is 5.72. The Morgan fingerprint density at radius 3 is 2.67 bits per heavy atom. The van der Waals surface area contributed by atoms with E-state index < -0.39 is 0 Å². The molecule has 1 heterocycles. The number of pyridine rings is 1. The van der Waals surface area contributed by atoms with E-state index in [1.54, 1.807) is 30.6 Å². The predicted molar refractivity (Wildman–Crippen MR) is 155 cm³/mol. The van der Waals surface area contributed by atoms with Crippen molar-refractivity contribution in [3.63, 3.8) is 0 Å². The first-order valence-corrected chi connectivity index (χ1v) is 15.3. The molecule has 1 atom stereocenters. The van der Waals surface area contributed by atoms with Crippen LogP contribution in [0.2, 0.25) is 5.02 Å². The number of ether oxygens (including phenoxy) is 1. The molecule has 190 valence electrons. The van der Waals surface area contributed by atoms with Gasteiger partial charge in [0.05, 0.1) is 28.8 Å². The number of hydrogen-bond donors (Lipinski definition) is 3. The number of nitrogens with zero attached hydrogens (tertiary/aromatic N) is 3. The molecule has 0 spiro atoms. The highest BCUT2D eigenvalue weighted by molar-refractivity contribution is 8.55. The van der Waals surface area contributed by atoms with Gasteiger partial charge < -0.3 is 21.2 Å². The first-order chi connectivity index (χ1) is 17.0. The first-order valence-electron chi connectivity index (χ1n) is 11.2. The number of allylic oxidation sites excluding steroid dienone is 1. The molecule has 10 heteroatoms. The minimum absolute atomic E-state index is 0.200. The van der Waals surface area contributed by atoms with Gasteiger partial charge in [-0.25, -0.2) is 4.99 Å². The highest BCUT2D eigenvalue weighted by Gasteiger charge is 2.24. The molecule has 0 radical (unpaired) electrons. The van der Waals surface area contributed by atoms with Gasteiger partial charge in [-0.2, -0.15) is 5.26 Å². The molecule has 0 aliphatic rings. The maximum absolute atomic E-state index is 9.99. The van der Waals surface area contributed by atoms with Crippen LogP contribution in [0.5, 0.6) is 5.75 Å². The van der Waals surface area contributed by atoms with Gasteiger partial charge in [-0.1, -0.05) is 29.6 Å². The van der Waals surface area contributed by atoms with Gasteiger partial charge in [-0.3, -0.25) is 4.98 Å². The summed E-state index contributed by atoms with van der Waals surface area (Å²) in [6.07, 6.45) is 4.89. The van der Waals surface area contributed by atoms with Crippen molar-refractivity contribution in [3.05, 3.63) is 64.7 Å². The summed E-state index contributed by atoms with van der Waals surface area (Å²) in [5.41, 5.74) is 9.99. The summed E-state index contributed by atoms with van der Waals surface area (Å²) < 4.78 is 6.14. The van der Waals surface area contributed by atoms with Crippen molar-refractivity contribution in [1.82, 2.24) is 10.3 Å². The monoisotopic (exact) mass is 542 g/mol. The van der Waals surface area contributed by atoms with Crippen molar-refractivity contribution >= 4 is 41.7 Å². The van der Waals surface area contributed by atoms with Gasteiger partial charge >= 0.3 is 0 Å². The average molecular weight is 543 g/mol. The molecule has 2 rings (SSSR count). The third kappa shape index (κ3) is 7.10. The molecule has 0 amide bonds. The molecule has 1 unspecified atom stereocenters. The molecule has 4 N–H and O–H groups in total. The van der Waals surface area contributed by atoms with E-state index in [9.17, 15) is 5.26 Å². The molecule has 0 saturated carbocycles. The number of nitrogens with two attached hydrogens (primary N) is 1. The molecular formula is C26H32ClN6OPS. The number of benzene rings is 1. The zero-order chi connectivity index (χ0) is 27.0. The summed E-state index contributed by atoms with van der Waals surface area (Å²) in [7, 11) is -0.241. The van der Waals surface area contributed by atoms with Gasteiger partial charge in [0.15, 0.2) is 0 Å². The van der Waals surface area contributed by atoms with E-state index in [1.165, 1.54) is 6.20 Å². The van der Waals surface area contributed by atoms with Crippen molar-refractivity contribution in [1.29, 1.82) is 10.7 Å². The number of aliphatic imine (C=N–C) groups is 1. The van der Waals surface area contributed by atoms with Crippen LogP contribution >= 0.6 is 30.1 Å². The minimum atomic E-state index is -0.300. The van der Waals surface area contributed by atoms with Crippen molar-refractivity contribution in [3.8, 4) is 22.9 Å². The number of amidine groups is 1. The second kappa shape index (κ2) is 13.5. The van der Waals surface area contributed by atoms with E-state index in [4.69, 9.17) is 27.5 Å². The van der Waals surface area contributed by atoms with Crippen molar-refractivity contribution in [2.75, 3.05) is 19.9 Å². The summed E-state index contributed by atoms with van der Waals surface area (Å²) in [5, 5.41) is 21.9. The fourth-order valence-electron chi connectivity index (χ4n) is 3.78. The van der Waals surface area contributed by atoms with Gasteiger partial charge in [0.1, 0.15) is 17.7 Å². The Morgan fingerprint density at radius 2 is 2.11 bits per heavy atom. The zero-order valence-corrected chi connectivity index (χ0v) is 23.9. The van der Waals surface area contributed by atoms with Crippen LogP contribution in [-0.2, 0) is 0 Å². The van der Waals surface area contributed by atoms with Crippen LogP contribution in [0.4, 0.5) is 0 Å². The van der Waals surface area contributed by atoms with Crippen LogP contribution in [0.25, 0.3) is 11.1 Å². The Balaban J connectivity index is 2.74. The fraction of sp³-hybridized carbons (Fsp3) is 0.308. The Bertz CT molecular complexity index is 1250. The molecule has 0 bridgehead atoms. The SMILES string of the molecule is C=C/N=C(N)\C(C(C)=N)=C(/C)NC(C)c1cc(Cl)c(C#N)c(-c2cncc(SP(C)C)c2)c1OCC. The highest BCUT2D eigenvalue weighted by atomic mass is 35.5. The van der Waals surface area contributed by atoms with Crippen LogP contribution in [0.1, 0.15) is 44.9 Å². The van der Waals surface area contributed by atoms with Gasteiger partial charge in [0.25, 0.3) is 0 Å². The van der Waals surface area contributed by atoms with Crippen molar-refractivity contribution in [2.45, 2.75) is 38.6 Å². The number of hydrogen-bond acceptors (Lipinski definition) is 7. The third-order valence-corrected chi connectivity index (χ3v) is 7.91. The van der Waals surface area contributed by atoms with E-state index in [2.05, 4.69) is 41.3 Å². The lowest BCUT2D eigenvalue weighted by Gasteiger charge is -2.24. The van der Waals surface area contributed by atoms with Crippen LogP contribution in [0.15, 0.2) is 58.5 Å². The Morgan fingerprint density at radius 1 is 1.42 bits per heavy atom. The molecular weight excluding hydrogens is 511 g/mol. The van der Waals surface area contributed by atoms with Gasteiger partial charge in [-0.15, -0.1) is 0 Å². The highest BCUT2D eigenvalue weighted by Crippen LogP contribution is 2.49. The van der Waals surface area contributed by atoms with Crippen molar-refractivity contribution < 1.29 is 4.74 Å². The number of rotatable bonds is 11. The molecule has 0 fully saturated rings. The zero-order valence-electron chi connectivity index (χ0n) is 21.4. The predicted octanol–water partition coefficient (Wildman–Crippen LogP) is 6.89. The summed E-state index contributed by atoms with van der Waals surface area (Å²) in [5.74, 6) is 0.761. The Kier molecular flexibility index (Phi) is 11.0. The van der Waals surface area contributed by atoms with Gasteiger partial charge in [0, 0.05) is 51.6 Å². The van der Waals surface area contributed by atoms with E-state index in [-0.39, 0.29) is 24.7 Å². The van der Waals surface area contributed by atoms with Crippen molar-refractivity contribution in [2.24, 2.45) is 10.7 Å². The quantitative estimate of drug-likeness (QED) is 0.161. The number of nitriles is 1. The normalized spacial score (nSPS) is 13.0. The Hall–Kier alpha value is -2.85. The maximum Gasteiger partial charge on any atom is 0.134 e. The molecule has 1 aromatic heterocycles. The summed E-state index contributed by atoms with van der Waals surface area (Å²) >= 11 is 8.39. The first kappa shape index (κ1) is 29.4. The summed E-state index contributed by atoms with van der Waals surface area (Å²) in [6.45, 7) is 15.7. The number of aromatic nitrogens is 1. The van der Waals surface area contributed by atoms with Crippen LogP contribution in [-0.4, -0.2) is 36.5 Å². The van der Waals surface area contributed by atoms with E-state index >= 15 is 0 Å². The molecule has 0 aliphatic heterocycles. The Labute approximate surface area is 223 Å². The van der Waals surface area contributed by atoms with E-state index in [0.717, 1.165) is 16.0 Å². The average Bonchev–Trinajstić information content (AvgIpc) is 2.79. The van der Waals surface area contributed by atoms with Crippen LogP contribution < -0.4 is 15.8 Å². The molecule has 7 nitrogen and oxygen atoms in total. The summed E-state index contributed by atoms with van der Waals surface area (Å²) in [4.78, 5) is 9.48.